The molecule has 0 spiro atoms. The number of hydrogen-bond donors (Lipinski definition) is 2. The van der Waals surface area contributed by atoms with Gasteiger partial charge in [0.05, 0.1) is 6.61 Å². The van der Waals surface area contributed by atoms with E-state index in [1.54, 1.807) is 19.1 Å². The fourth-order valence-electron chi connectivity index (χ4n) is 1.16. The first-order valence-corrected chi connectivity index (χ1v) is 4.68. The van der Waals surface area contributed by atoms with Crippen LogP contribution in [0.4, 0.5) is 4.39 Å². The molecule has 0 saturated carbocycles. The van der Waals surface area contributed by atoms with Crippen molar-refractivity contribution < 1.29 is 9.50 Å². The Morgan fingerprint density at radius 3 is 2.43 bits per heavy atom. The molecule has 0 heterocycles. The molecule has 78 valence electrons. The highest BCUT2D eigenvalue weighted by Crippen LogP contribution is 2.11. The Balaban J connectivity index is 2.50. The van der Waals surface area contributed by atoms with Gasteiger partial charge in [-0.15, -0.1) is 0 Å². The summed E-state index contributed by atoms with van der Waals surface area (Å²) < 4.78 is 12.6. The van der Waals surface area contributed by atoms with Gasteiger partial charge in [0.15, 0.2) is 0 Å². The zero-order chi connectivity index (χ0) is 10.6. The molecular weight excluding hydrogens is 181 g/mol. The lowest BCUT2D eigenvalue weighted by Gasteiger charge is -2.21. The van der Waals surface area contributed by atoms with Crippen LogP contribution in [0, 0.1) is 5.82 Å². The summed E-state index contributed by atoms with van der Waals surface area (Å²) in [5, 5.41) is 8.93. The molecule has 3 N–H and O–H groups in total. The van der Waals surface area contributed by atoms with E-state index in [9.17, 15) is 4.39 Å². The molecule has 0 saturated heterocycles. The molecule has 1 rings (SSSR count). The predicted molar refractivity (Wildman–Crippen MR) is 54.4 cm³/mol. The highest BCUT2D eigenvalue weighted by atomic mass is 19.1. The van der Waals surface area contributed by atoms with Crippen molar-refractivity contribution in [3.8, 4) is 0 Å². The topological polar surface area (TPSA) is 46.2 Å². The third kappa shape index (κ3) is 3.44. The second-order valence-electron chi connectivity index (χ2n) is 3.94. The Morgan fingerprint density at radius 2 is 1.93 bits per heavy atom. The highest BCUT2D eigenvalue weighted by Gasteiger charge is 2.16. The van der Waals surface area contributed by atoms with E-state index in [2.05, 4.69) is 0 Å². The minimum absolute atomic E-state index is 0.0335. The molecule has 0 fully saturated rings. The van der Waals surface area contributed by atoms with Crippen molar-refractivity contribution in [2.45, 2.75) is 25.3 Å². The zero-order valence-corrected chi connectivity index (χ0v) is 8.33. The Morgan fingerprint density at radius 1 is 1.36 bits per heavy atom. The van der Waals surface area contributed by atoms with E-state index >= 15 is 0 Å². The summed E-state index contributed by atoms with van der Waals surface area (Å²) in [5.41, 5.74) is 6.26. The van der Waals surface area contributed by atoms with Gasteiger partial charge in [0, 0.05) is 5.54 Å². The van der Waals surface area contributed by atoms with Gasteiger partial charge in [0.2, 0.25) is 0 Å². The minimum atomic E-state index is -0.547. The van der Waals surface area contributed by atoms with Crippen LogP contribution in [0.1, 0.15) is 18.9 Å². The average molecular weight is 197 g/mol. The number of aliphatic hydroxyl groups excluding tert-OH is 1. The van der Waals surface area contributed by atoms with E-state index in [4.69, 9.17) is 10.8 Å². The van der Waals surface area contributed by atoms with E-state index in [0.29, 0.717) is 6.42 Å². The summed E-state index contributed by atoms with van der Waals surface area (Å²) in [6, 6.07) is 6.34. The van der Waals surface area contributed by atoms with Crippen LogP contribution in [0.5, 0.6) is 0 Å². The van der Waals surface area contributed by atoms with Gasteiger partial charge in [-0.3, -0.25) is 0 Å². The molecule has 0 amide bonds. The van der Waals surface area contributed by atoms with E-state index in [1.807, 2.05) is 0 Å². The highest BCUT2D eigenvalue weighted by molar-refractivity contribution is 5.16. The summed E-state index contributed by atoms with van der Waals surface area (Å²) in [4.78, 5) is 0. The Labute approximate surface area is 83.6 Å². The molecule has 14 heavy (non-hydrogen) atoms. The lowest BCUT2D eigenvalue weighted by molar-refractivity contribution is 0.200. The number of hydrogen-bond acceptors (Lipinski definition) is 2. The molecule has 1 atom stereocenters. The maximum absolute atomic E-state index is 12.6. The van der Waals surface area contributed by atoms with Gasteiger partial charge in [0.1, 0.15) is 5.82 Å². The molecule has 0 radical (unpaired) electrons. The number of benzene rings is 1. The van der Waals surface area contributed by atoms with Gasteiger partial charge in [-0.25, -0.2) is 4.39 Å². The summed E-state index contributed by atoms with van der Waals surface area (Å²) in [7, 11) is 0. The summed E-state index contributed by atoms with van der Waals surface area (Å²) >= 11 is 0. The van der Waals surface area contributed by atoms with Crippen LogP contribution in [0.25, 0.3) is 0 Å². The Bertz CT molecular complexity index is 282. The SMILES string of the molecule is CC(N)(CO)CCc1ccc(F)cc1. The summed E-state index contributed by atoms with van der Waals surface area (Å²) in [6.07, 6.45) is 1.45. The van der Waals surface area contributed by atoms with Crippen LogP contribution in [-0.4, -0.2) is 17.3 Å². The van der Waals surface area contributed by atoms with Gasteiger partial charge in [-0.05, 0) is 37.5 Å². The number of halogens is 1. The van der Waals surface area contributed by atoms with E-state index < -0.39 is 5.54 Å². The van der Waals surface area contributed by atoms with Crippen LogP contribution in [0.3, 0.4) is 0 Å². The number of aryl methyl sites for hydroxylation is 1. The molecule has 2 nitrogen and oxygen atoms in total. The van der Waals surface area contributed by atoms with Crippen molar-refractivity contribution in [1.82, 2.24) is 0 Å². The van der Waals surface area contributed by atoms with E-state index in [1.165, 1.54) is 12.1 Å². The largest absolute Gasteiger partial charge is 0.394 e. The molecule has 0 aliphatic rings. The van der Waals surface area contributed by atoms with Gasteiger partial charge < -0.3 is 10.8 Å². The van der Waals surface area contributed by atoms with Crippen molar-refractivity contribution in [2.75, 3.05) is 6.61 Å². The van der Waals surface area contributed by atoms with Crippen molar-refractivity contribution >= 4 is 0 Å². The molecule has 1 unspecified atom stereocenters. The maximum Gasteiger partial charge on any atom is 0.123 e. The molecule has 0 aliphatic carbocycles. The first-order chi connectivity index (χ1) is 6.53. The monoisotopic (exact) mass is 197 g/mol. The van der Waals surface area contributed by atoms with Crippen molar-refractivity contribution in [3.63, 3.8) is 0 Å². The molecule has 1 aromatic carbocycles. The van der Waals surface area contributed by atoms with Crippen molar-refractivity contribution in [3.05, 3.63) is 35.6 Å². The molecule has 1 aromatic rings. The third-order valence-corrected chi connectivity index (χ3v) is 2.26. The first-order valence-electron chi connectivity index (χ1n) is 4.68. The predicted octanol–water partition coefficient (Wildman–Crippen LogP) is 1.47. The lowest BCUT2D eigenvalue weighted by atomic mass is 9.95. The van der Waals surface area contributed by atoms with Crippen LogP contribution in [-0.2, 0) is 6.42 Å². The van der Waals surface area contributed by atoms with E-state index in [0.717, 1.165) is 12.0 Å². The number of aliphatic hydroxyl groups is 1. The molecular formula is C11H16FNO. The van der Waals surface area contributed by atoms with Gasteiger partial charge >= 0.3 is 0 Å². The standard InChI is InChI=1S/C11H16FNO/c1-11(13,8-14)7-6-9-2-4-10(12)5-3-9/h2-5,14H,6-8,13H2,1H3. The van der Waals surface area contributed by atoms with Gasteiger partial charge in [-0.2, -0.15) is 0 Å². The molecule has 0 bridgehead atoms. The van der Waals surface area contributed by atoms with E-state index in [-0.39, 0.29) is 12.4 Å². The molecule has 0 aliphatic heterocycles. The molecule has 0 aromatic heterocycles. The van der Waals surface area contributed by atoms with Gasteiger partial charge in [-0.1, -0.05) is 12.1 Å². The van der Waals surface area contributed by atoms with Crippen LogP contribution in [0.2, 0.25) is 0 Å². The van der Waals surface area contributed by atoms with Gasteiger partial charge in [0.25, 0.3) is 0 Å². The molecule has 3 heteroatoms. The van der Waals surface area contributed by atoms with Crippen LogP contribution >= 0.6 is 0 Å². The smallest absolute Gasteiger partial charge is 0.123 e. The normalized spacial score (nSPS) is 15.1. The number of nitrogens with two attached hydrogens (primary N) is 1. The Hall–Kier alpha value is -0.930. The zero-order valence-electron chi connectivity index (χ0n) is 8.33. The quantitative estimate of drug-likeness (QED) is 0.767. The average Bonchev–Trinajstić information content (AvgIpc) is 2.17. The maximum atomic E-state index is 12.6. The summed E-state index contributed by atoms with van der Waals surface area (Å²) in [5.74, 6) is -0.230. The first kappa shape index (κ1) is 11.1. The second kappa shape index (κ2) is 4.53. The Kier molecular flexibility index (Phi) is 3.61. The van der Waals surface area contributed by atoms with Crippen LogP contribution in [0.15, 0.2) is 24.3 Å². The second-order valence-corrected chi connectivity index (χ2v) is 3.94. The van der Waals surface area contributed by atoms with Crippen LogP contribution < -0.4 is 5.73 Å². The third-order valence-electron chi connectivity index (χ3n) is 2.26. The minimum Gasteiger partial charge on any atom is -0.394 e. The number of rotatable bonds is 4. The van der Waals surface area contributed by atoms with Crippen molar-refractivity contribution in [2.24, 2.45) is 5.73 Å². The fraction of sp³-hybridized carbons (Fsp3) is 0.455. The lowest BCUT2D eigenvalue weighted by Crippen LogP contribution is -2.40. The summed E-state index contributed by atoms with van der Waals surface area (Å²) in [6.45, 7) is 1.77. The fourth-order valence-corrected chi connectivity index (χ4v) is 1.16. The van der Waals surface area contributed by atoms with Crippen molar-refractivity contribution in [1.29, 1.82) is 0 Å².